The first-order valence-electron chi connectivity index (χ1n) is 7.35. The molecule has 2 heterocycles. The lowest BCUT2D eigenvalue weighted by Gasteiger charge is -2.34. The molecular weight excluding hydrogens is 270 g/mol. The van der Waals surface area contributed by atoms with E-state index in [0.29, 0.717) is 23.2 Å². The molecule has 0 aliphatic heterocycles. The van der Waals surface area contributed by atoms with E-state index in [2.05, 4.69) is 29.1 Å². The van der Waals surface area contributed by atoms with E-state index in [9.17, 15) is 4.79 Å². The van der Waals surface area contributed by atoms with Crippen LogP contribution in [0.5, 0.6) is 0 Å². The van der Waals surface area contributed by atoms with Crippen LogP contribution in [0.1, 0.15) is 38.9 Å². The zero-order valence-corrected chi connectivity index (χ0v) is 12.8. The summed E-state index contributed by atoms with van der Waals surface area (Å²) in [7, 11) is 0. The van der Waals surface area contributed by atoms with Gasteiger partial charge in [-0.3, -0.25) is 4.79 Å². The summed E-state index contributed by atoms with van der Waals surface area (Å²) in [5, 5.41) is 5.48. The molecule has 2 aromatic heterocycles. The van der Waals surface area contributed by atoms with Gasteiger partial charge in [-0.05, 0) is 29.7 Å². The predicted molar refractivity (Wildman–Crippen MR) is 83.0 cm³/mol. The third-order valence-electron chi connectivity index (χ3n) is 4.60. The lowest BCUT2D eigenvalue weighted by atomic mass is 9.78. The third kappa shape index (κ3) is 2.65. The Morgan fingerprint density at radius 1 is 1.45 bits per heavy atom. The van der Waals surface area contributed by atoms with Gasteiger partial charge in [0, 0.05) is 6.04 Å². The molecule has 0 spiro atoms. The van der Waals surface area contributed by atoms with Crippen LogP contribution in [0.25, 0.3) is 10.2 Å². The van der Waals surface area contributed by atoms with Gasteiger partial charge in [0.05, 0.1) is 12.1 Å². The zero-order valence-electron chi connectivity index (χ0n) is 12.0. The molecule has 4 nitrogen and oxygen atoms in total. The molecule has 2 aromatic rings. The highest BCUT2D eigenvalue weighted by molar-refractivity contribution is 7.17. The first-order valence-corrected chi connectivity index (χ1v) is 8.23. The molecule has 0 radical (unpaired) electrons. The molecule has 108 valence electrons. The second-order valence-corrected chi connectivity index (χ2v) is 6.82. The summed E-state index contributed by atoms with van der Waals surface area (Å²) in [6.45, 7) is 5.29. The monoisotopic (exact) mass is 291 g/mol. The van der Waals surface area contributed by atoms with Gasteiger partial charge in [-0.25, -0.2) is 4.98 Å². The molecule has 1 saturated carbocycles. The molecule has 3 atom stereocenters. The van der Waals surface area contributed by atoms with Crippen molar-refractivity contribution in [1.29, 1.82) is 0 Å². The summed E-state index contributed by atoms with van der Waals surface area (Å²) in [6.07, 6.45) is 3.84. The third-order valence-corrected chi connectivity index (χ3v) is 5.50. The maximum Gasteiger partial charge on any atom is 0.268 e. The van der Waals surface area contributed by atoms with Gasteiger partial charge in [0.15, 0.2) is 0 Å². The fourth-order valence-corrected chi connectivity index (χ4v) is 3.83. The second-order valence-electron chi connectivity index (χ2n) is 5.90. The zero-order chi connectivity index (χ0) is 14.1. The maximum absolute atomic E-state index is 11.9. The Balaban J connectivity index is 1.72. The molecule has 0 saturated heterocycles. The first-order chi connectivity index (χ1) is 9.65. The van der Waals surface area contributed by atoms with E-state index >= 15 is 0 Å². The summed E-state index contributed by atoms with van der Waals surface area (Å²) in [5.74, 6) is 2.19. The van der Waals surface area contributed by atoms with Crippen LogP contribution in [0, 0.1) is 11.8 Å². The fourth-order valence-electron chi connectivity index (χ4n) is 3.10. The van der Waals surface area contributed by atoms with Gasteiger partial charge >= 0.3 is 0 Å². The molecule has 1 aliphatic rings. The number of hydrogen-bond acceptors (Lipinski definition) is 4. The number of nitrogens with one attached hydrogen (secondary N) is 2. The van der Waals surface area contributed by atoms with Crippen molar-refractivity contribution in [3.63, 3.8) is 0 Å². The van der Waals surface area contributed by atoms with E-state index in [1.54, 1.807) is 0 Å². The van der Waals surface area contributed by atoms with Gasteiger partial charge in [-0.15, -0.1) is 11.3 Å². The number of nitrogens with zero attached hydrogens (tertiary/aromatic N) is 1. The SMILES string of the molecule is CC1CCCC(NCc2nc3ccsc3c(=O)[nH]2)C1C. The van der Waals surface area contributed by atoms with E-state index in [-0.39, 0.29) is 5.56 Å². The van der Waals surface area contributed by atoms with E-state index in [4.69, 9.17) is 0 Å². The van der Waals surface area contributed by atoms with Crippen LogP contribution in [-0.4, -0.2) is 16.0 Å². The fraction of sp³-hybridized carbons (Fsp3) is 0.600. The molecule has 5 heteroatoms. The van der Waals surface area contributed by atoms with Crippen molar-refractivity contribution in [2.24, 2.45) is 11.8 Å². The van der Waals surface area contributed by atoms with Crippen LogP contribution in [0.3, 0.4) is 0 Å². The van der Waals surface area contributed by atoms with Gasteiger partial charge < -0.3 is 10.3 Å². The first kappa shape index (κ1) is 13.8. The Kier molecular flexibility index (Phi) is 3.89. The van der Waals surface area contributed by atoms with Crippen LogP contribution in [-0.2, 0) is 6.54 Å². The van der Waals surface area contributed by atoms with Crippen LogP contribution < -0.4 is 10.9 Å². The van der Waals surface area contributed by atoms with Gasteiger partial charge in [0.2, 0.25) is 0 Å². The van der Waals surface area contributed by atoms with Crippen molar-refractivity contribution < 1.29 is 0 Å². The minimum Gasteiger partial charge on any atom is -0.308 e. The highest BCUT2D eigenvalue weighted by atomic mass is 32.1. The van der Waals surface area contributed by atoms with Crippen molar-refractivity contribution in [2.45, 2.75) is 45.7 Å². The number of hydrogen-bond donors (Lipinski definition) is 2. The van der Waals surface area contributed by atoms with Gasteiger partial charge in [-0.2, -0.15) is 0 Å². The van der Waals surface area contributed by atoms with Crippen LogP contribution in [0.15, 0.2) is 16.2 Å². The molecule has 0 amide bonds. The summed E-state index contributed by atoms with van der Waals surface area (Å²) in [6, 6.07) is 2.44. The number of rotatable bonds is 3. The minimum absolute atomic E-state index is 0.0214. The van der Waals surface area contributed by atoms with Gasteiger partial charge in [0.25, 0.3) is 5.56 Å². The number of thiophene rings is 1. The standard InChI is InChI=1S/C15H21N3OS/c1-9-4-3-5-11(10(9)2)16-8-13-17-12-6-7-20-14(12)15(19)18-13/h6-7,9-11,16H,3-5,8H2,1-2H3,(H,17,18,19). The smallest absolute Gasteiger partial charge is 0.268 e. The van der Waals surface area contributed by atoms with Gasteiger partial charge in [0.1, 0.15) is 10.5 Å². The predicted octanol–water partition coefficient (Wildman–Crippen LogP) is 2.90. The van der Waals surface area contributed by atoms with Crippen molar-refractivity contribution in [1.82, 2.24) is 15.3 Å². The lowest BCUT2D eigenvalue weighted by Crippen LogP contribution is -2.40. The molecule has 20 heavy (non-hydrogen) atoms. The van der Waals surface area contributed by atoms with E-state index in [1.165, 1.54) is 30.6 Å². The highest BCUT2D eigenvalue weighted by Crippen LogP contribution is 2.29. The van der Waals surface area contributed by atoms with E-state index in [0.717, 1.165) is 17.3 Å². The Hall–Kier alpha value is -1.20. The Labute approximate surface area is 122 Å². The number of aromatic amines is 1. The summed E-state index contributed by atoms with van der Waals surface area (Å²) in [4.78, 5) is 19.3. The largest absolute Gasteiger partial charge is 0.308 e. The summed E-state index contributed by atoms with van der Waals surface area (Å²) >= 11 is 1.44. The number of aromatic nitrogens is 2. The quantitative estimate of drug-likeness (QED) is 0.914. The molecule has 0 aromatic carbocycles. The maximum atomic E-state index is 11.9. The van der Waals surface area contributed by atoms with E-state index in [1.807, 2.05) is 11.4 Å². The summed E-state index contributed by atoms with van der Waals surface area (Å²) < 4.78 is 0.716. The molecular formula is C15H21N3OS. The van der Waals surface area contributed by atoms with E-state index < -0.39 is 0 Å². The van der Waals surface area contributed by atoms with Crippen molar-refractivity contribution in [2.75, 3.05) is 0 Å². The molecule has 1 fully saturated rings. The normalized spacial score (nSPS) is 27.0. The number of H-pyrrole nitrogens is 1. The number of fused-ring (bicyclic) bond motifs is 1. The van der Waals surface area contributed by atoms with Crippen molar-refractivity contribution in [3.05, 3.63) is 27.6 Å². The van der Waals surface area contributed by atoms with Crippen molar-refractivity contribution >= 4 is 21.6 Å². The average Bonchev–Trinajstić information content (AvgIpc) is 2.89. The molecule has 3 rings (SSSR count). The Morgan fingerprint density at radius 2 is 2.30 bits per heavy atom. The van der Waals surface area contributed by atoms with Crippen molar-refractivity contribution in [3.8, 4) is 0 Å². The Morgan fingerprint density at radius 3 is 3.15 bits per heavy atom. The van der Waals surface area contributed by atoms with Crippen LogP contribution in [0.4, 0.5) is 0 Å². The highest BCUT2D eigenvalue weighted by Gasteiger charge is 2.26. The van der Waals surface area contributed by atoms with Gasteiger partial charge in [-0.1, -0.05) is 26.7 Å². The lowest BCUT2D eigenvalue weighted by molar-refractivity contribution is 0.205. The molecule has 0 bridgehead atoms. The molecule has 3 unspecified atom stereocenters. The molecule has 2 N–H and O–H groups in total. The molecule has 1 aliphatic carbocycles. The summed E-state index contributed by atoms with van der Waals surface area (Å²) in [5.41, 5.74) is 0.785. The van der Waals surface area contributed by atoms with Crippen LogP contribution in [0.2, 0.25) is 0 Å². The minimum atomic E-state index is -0.0214. The Bertz CT molecular complexity index is 648. The van der Waals surface area contributed by atoms with Crippen LogP contribution >= 0.6 is 11.3 Å². The topological polar surface area (TPSA) is 57.8 Å². The second kappa shape index (κ2) is 5.66. The average molecular weight is 291 g/mol.